The molecule has 3 rings (SSSR count). The predicted octanol–water partition coefficient (Wildman–Crippen LogP) is 1.97. The molecule has 6 heteroatoms. The van der Waals surface area contributed by atoms with Crippen molar-refractivity contribution in [2.45, 2.75) is 16.6 Å². The van der Waals surface area contributed by atoms with Gasteiger partial charge in [0.15, 0.2) is 15.6 Å². The van der Waals surface area contributed by atoms with Gasteiger partial charge in [0.2, 0.25) is 0 Å². The average Bonchev–Trinajstić information content (AvgIpc) is 3.19. The highest BCUT2D eigenvalue weighted by Gasteiger charge is 2.36. The Labute approximate surface area is 123 Å². The Bertz CT molecular complexity index is 722. The van der Waals surface area contributed by atoms with E-state index in [1.807, 2.05) is 0 Å². The average molecular weight is 305 g/mol. The minimum absolute atomic E-state index is 0.205. The van der Waals surface area contributed by atoms with Crippen LogP contribution in [-0.2, 0) is 9.84 Å². The Morgan fingerprint density at radius 1 is 1.14 bits per heavy atom. The molecule has 0 aliphatic carbocycles. The maximum atomic E-state index is 12.5. The SMILES string of the molecule is O=C(c1ccco1)N1CC[C@H](S(=O)(=O)c2ccccc2)C1. The van der Waals surface area contributed by atoms with Crippen molar-refractivity contribution in [3.8, 4) is 0 Å². The number of carbonyl (C=O) groups is 1. The van der Waals surface area contributed by atoms with E-state index >= 15 is 0 Å². The van der Waals surface area contributed by atoms with Crippen molar-refractivity contribution in [1.82, 2.24) is 4.90 Å². The van der Waals surface area contributed by atoms with Crippen molar-refractivity contribution < 1.29 is 17.6 Å². The summed E-state index contributed by atoms with van der Waals surface area (Å²) in [7, 11) is -3.40. The van der Waals surface area contributed by atoms with Crippen molar-refractivity contribution in [3.05, 3.63) is 54.5 Å². The number of carbonyl (C=O) groups excluding carboxylic acids is 1. The number of furan rings is 1. The smallest absolute Gasteiger partial charge is 0.289 e. The fraction of sp³-hybridized carbons (Fsp3) is 0.267. The molecule has 1 aromatic carbocycles. The van der Waals surface area contributed by atoms with Gasteiger partial charge in [-0.1, -0.05) is 18.2 Å². The summed E-state index contributed by atoms with van der Waals surface area (Å²) in [6.07, 6.45) is 1.88. The van der Waals surface area contributed by atoms with Crippen LogP contribution in [0, 0.1) is 0 Å². The molecule has 0 unspecified atom stereocenters. The van der Waals surface area contributed by atoms with Crippen molar-refractivity contribution in [2.75, 3.05) is 13.1 Å². The maximum Gasteiger partial charge on any atom is 0.289 e. The molecule has 1 atom stereocenters. The first-order chi connectivity index (χ1) is 10.1. The first kappa shape index (κ1) is 13.9. The molecule has 0 spiro atoms. The van der Waals surface area contributed by atoms with Crippen LogP contribution in [0.2, 0.25) is 0 Å². The lowest BCUT2D eigenvalue weighted by molar-refractivity contribution is 0.0761. The highest BCUT2D eigenvalue weighted by Crippen LogP contribution is 2.24. The van der Waals surface area contributed by atoms with E-state index in [2.05, 4.69) is 0 Å². The van der Waals surface area contributed by atoms with E-state index in [1.165, 1.54) is 11.2 Å². The molecular formula is C15H15NO4S. The van der Waals surface area contributed by atoms with Gasteiger partial charge in [-0.05, 0) is 30.7 Å². The summed E-state index contributed by atoms with van der Waals surface area (Å²) in [6, 6.07) is 11.6. The normalized spacial score (nSPS) is 18.9. The van der Waals surface area contributed by atoms with Gasteiger partial charge in [-0.15, -0.1) is 0 Å². The number of benzene rings is 1. The van der Waals surface area contributed by atoms with E-state index in [1.54, 1.807) is 42.5 Å². The first-order valence-corrected chi connectivity index (χ1v) is 8.25. The second-order valence-electron chi connectivity index (χ2n) is 5.00. The van der Waals surface area contributed by atoms with E-state index in [9.17, 15) is 13.2 Å². The Balaban J connectivity index is 1.77. The third-order valence-electron chi connectivity index (χ3n) is 3.67. The molecule has 2 aromatic rings. The molecule has 0 radical (unpaired) electrons. The zero-order chi connectivity index (χ0) is 14.9. The third kappa shape index (κ3) is 2.58. The summed E-state index contributed by atoms with van der Waals surface area (Å²) in [6.45, 7) is 0.632. The summed E-state index contributed by atoms with van der Waals surface area (Å²) in [4.78, 5) is 14.0. The number of likely N-dealkylation sites (tertiary alicyclic amines) is 1. The molecule has 0 saturated carbocycles. The Morgan fingerprint density at radius 2 is 1.90 bits per heavy atom. The molecule has 21 heavy (non-hydrogen) atoms. The maximum absolute atomic E-state index is 12.5. The molecular weight excluding hydrogens is 290 g/mol. The van der Waals surface area contributed by atoms with Gasteiger partial charge in [0.25, 0.3) is 5.91 Å². The molecule has 110 valence electrons. The lowest BCUT2D eigenvalue weighted by Gasteiger charge is -2.15. The molecule has 1 aliphatic rings. The summed E-state index contributed by atoms with van der Waals surface area (Å²) in [5.41, 5.74) is 0. The Kier molecular flexibility index (Phi) is 3.55. The number of hydrogen-bond donors (Lipinski definition) is 0. The van der Waals surface area contributed by atoms with Crippen LogP contribution in [0.15, 0.2) is 58.0 Å². The van der Waals surface area contributed by atoms with Gasteiger partial charge >= 0.3 is 0 Å². The summed E-state index contributed by atoms with van der Waals surface area (Å²) in [5.74, 6) is -0.0153. The van der Waals surface area contributed by atoms with Crippen molar-refractivity contribution in [2.24, 2.45) is 0 Å². The Hall–Kier alpha value is -2.08. The number of sulfone groups is 1. The first-order valence-electron chi connectivity index (χ1n) is 6.71. The van der Waals surface area contributed by atoms with Crippen LogP contribution in [0.5, 0.6) is 0 Å². The summed E-state index contributed by atoms with van der Waals surface area (Å²) < 4.78 is 30.1. The van der Waals surface area contributed by atoms with Crippen molar-refractivity contribution >= 4 is 15.7 Å². The van der Waals surface area contributed by atoms with Gasteiger partial charge in [-0.2, -0.15) is 0 Å². The second-order valence-corrected chi connectivity index (χ2v) is 7.23. The van der Waals surface area contributed by atoms with E-state index in [0.29, 0.717) is 17.9 Å². The molecule has 2 heterocycles. The monoisotopic (exact) mass is 305 g/mol. The van der Waals surface area contributed by atoms with Crippen molar-refractivity contribution in [1.29, 1.82) is 0 Å². The van der Waals surface area contributed by atoms with E-state index < -0.39 is 15.1 Å². The van der Waals surface area contributed by atoms with Gasteiger partial charge in [0.1, 0.15) is 0 Å². The Morgan fingerprint density at radius 3 is 2.57 bits per heavy atom. The van der Waals surface area contributed by atoms with Crippen LogP contribution >= 0.6 is 0 Å². The summed E-state index contributed by atoms with van der Waals surface area (Å²) >= 11 is 0. The third-order valence-corrected chi connectivity index (χ3v) is 5.87. The molecule has 0 bridgehead atoms. The molecule has 1 fully saturated rings. The summed E-state index contributed by atoms with van der Waals surface area (Å²) in [5, 5.41) is -0.557. The van der Waals surface area contributed by atoms with Crippen LogP contribution < -0.4 is 0 Å². The van der Waals surface area contributed by atoms with Crippen LogP contribution in [0.1, 0.15) is 17.0 Å². The molecule has 1 aliphatic heterocycles. The van der Waals surface area contributed by atoms with Gasteiger partial charge in [-0.3, -0.25) is 4.79 Å². The number of amides is 1. The predicted molar refractivity (Wildman–Crippen MR) is 76.6 cm³/mol. The van der Waals surface area contributed by atoms with Gasteiger partial charge in [-0.25, -0.2) is 8.42 Å². The minimum atomic E-state index is -3.40. The molecule has 1 saturated heterocycles. The van der Waals surface area contributed by atoms with E-state index in [0.717, 1.165) is 0 Å². The van der Waals surface area contributed by atoms with Crippen LogP contribution in [0.25, 0.3) is 0 Å². The quantitative estimate of drug-likeness (QED) is 0.869. The fourth-order valence-electron chi connectivity index (χ4n) is 2.52. The topological polar surface area (TPSA) is 67.6 Å². The van der Waals surface area contributed by atoms with E-state index in [4.69, 9.17) is 4.42 Å². The van der Waals surface area contributed by atoms with Crippen molar-refractivity contribution in [3.63, 3.8) is 0 Å². The number of nitrogens with zero attached hydrogens (tertiary/aromatic N) is 1. The number of rotatable bonds is 3. The largest absolute Gasteiger partial charge is 0.459 e. The molecule has 5 nitrogen and oxygen atoms in total. The second kappa shape index (κ2) is 5.37. The van der Waals surface area contributed by atoms with Crippen LogP contribution in [0.4, 0.5) is 0 Å². The van der Waals surface area contributed by atoms with Crippen LogP contribution in [0.3, 0.4) is 0 Å². The molecule has 1 aromatic heterocycles. The zero-order valence-corrected chi connectivity index (χ0v) is 12.1. The van der Waals surface area contributed by atoms with Gasteiger partial charge < -0.3 is 9.32 Å². The van der Waals surface area contributed by atoms with E-state index in [-0.39, 0.29) is 18.2 Å². The highest BCUT2D eigenvalue weighted by atomic mass is 32.2. The fourth-order valence-corrected chi connectivity index (χ4v) is 4.24. The highest BCUT2D eigenvalue weighted by molar-refractivity contribution is 7.92. The lowest BCUT2D eigenvalue weighted by atomic mass is 10.4. The zero-order valence-electron chi connectivity index (χ0n) is 11.3. The molecule has 0 N–H and O–H groups in total. The van der Waals surface area contributed by atoms with Crippen LogP contribution in [-0.4, -0.2) is 37.6 Å². The standard InChI is InChI=1S/C15H15NO4S/c17-15(14-7-4-10-20-14)16-9-8-13(11-16)21(18,19)12-5-2-1-3-6-12/h1-7,10,13H,8-9,11H2/t13-/m0/s1. The molecule has 1 amide bonds. The van der Waals surface area contributed by atoms with Gasteiger partial charge in [0.05, 0.1) is 16.4 Å². The minimum Gasteiger partial charge on any atom is -0.459 e. The lowest BCUT2D eigenvalue weighted by Crippen LogP contribution is -2.31. The van der Waals surface area contributed by atoms with Gasteiger partial charge in [0, 0.05) is 13.1 Å². The number of hydrogen-bond acceptors (Lipinski definition) is 4.